The molecule has 0 aromatic heterocycles. The number of β-amino-alcohol motifs (C(OH)–C–C–N with tert-alkyl or cyclic N) is 1. The minimum atomic E-state index is -1.03. The maximum Gasteiger partial charge on any atom is 0.326 e. The summed E-state index contributed by atoms with van der Waals surface area (Å²) >= 11 is 0. The zero-order valence-electron chi connectivity index (χ0n) is 10.4. The van der Waals surface area contributed by atoms with Gasteiger partial charge < -0.3 is 20.0 Å². The van der Waals surface area contributed by atoms with Crippen molar-refractivity contribution in [2.75, 3.05) is 19.6 Å². The highest BCUT2D eigenvalue weighted by atomic mass is 16.4. The smallest absolute Gasteiger partial charge is 0.326 e. The van der Waals surface area contributed by atoms with E-state index >= 15 is 0 Å². The first-order chi connectivity index (χ1) is 8.59. The number of aliphatic carboxylic acids is 1. The van der Waals surface area contributed by atoms with Gasteiger partial charge in [-0.2, -0.15) is 0 Å². The molecule has 0 bridgehead atoms. The van der Waals surface area contributed by atoms with Crippen LogP contribution < -0.4 is 0 Å². The van der Waals surface area contributed by atoms with Crippen molar-refractivity contribution in [1.29, 1.82) is 0 Å². The number of carboxylic acid groups (broad SMARTS) is 1. The van der Waals surface area contributed by atoms with Crippen LogP contribution in [0.5, 0.6) is 0 Å². The van der Waals surface area contributed by atoms with Crippen molar-refractivity contribution < 1.29 is 19.8 Å². The fourth-order valence-corrected chi connectivity index (χ4v) is 2.70. The average Bonchev–Trinajstić information content (AvgIpc) is 2.56. The fourth-order valence-electron chi connectivity index (χ4n) is 2.70. The number of urea groups is 1. The maximum absolute atomic E-state index is 12.3. The molecule has 2 aliphatic rings. The molecule has 2 heterocycles. The average molecular weight is 256 g/mol. The zero-order valence-corrected chi connectivity index (χ0v) is 10.4. The number of aliphatic hydroxyl groups is 1. The third-order valence-electron chi connectivity index (χ3n) is 3.69. The summed E-state index contributed by atoms with van der Waals surface area (Å²) in [5.41, 5.74) is 0. The first-order valence-corrected chi connectivity index (χ1v) is 6.56. The molecule has 2 saturated heterocycles. The highest BCUT2D eigenvalue weighted by molar-refractivity contribution is 5.83. The molecular formula is C12H20N2O4. The van der Waals surface area contributed by atoms with Crippen LogP contribution in [0.25, 0.3) is 0 Å². The van der Waals surface area contributed by atoms with Crippen LogP contribution in [-0.4, -0.2) is 63.8 Å². The Kier molecular flexibility index (Phi) is 4.06. The molecule has 0 spiro atoms. The van der Waals surface area contributed by atoms with E-state index in [-0.39, 0.29) is 19.0 Å². The number of carboxylic acids is 1. The van der Waals surface area contributed by atoms with E-state index in [1.54, 1.807) is 4.90 Å². The Labute approximate surface area is 106 Å². The van der Waals surface area contributed by atoms with Gasteiger partial charge in [-0.05, 0) is 12.8 Å². The molecule has 2 unspecified atom stereocenters. The van der Waals surface area contributed by atoms with E-state index in [0.717, 1.165) is 25.7 Å². The predicted molar refractivity (Wildman–Crippen MR) is 64.2 cm³/mol. The lowest BCUT2D eigenvalue weighted by Crippen LogP contribution is -2.48. The van der Waals surface area contributed by atoms with E-state index < -0.39 is 18.1 Å². The number of amides is 2. The fraction of sp³-hybridized carbons (Fsp3) is 0.833. The molecule has 0 radical (unpaired) electrons. The third-order valence-corrected chi connectivity index (χ3v) is 3.69. The van der Waals surface area contributed by atoms with Crippen molar-refractivity contribution in [3.8, 4) is 0 Å². The van der Waals surface area contributed by atoms with Gasteiger partial charge in [0.05, 0.1) is 6.10 Å². The number of carbonyl (C=O) groups excluding carboxylic acids is 1. The van der Waals surface area contributed by atoms with E-state index in [2.05, 4.69) is 0 Å². The van der Waals surface area contributed by atoms with Gasteiger partial charge in [-0.3, -0.25) is 0 Å². The molecule has 102 valence electrons. The van der Waals surface area contributed by atoms with E-state index in [9.17, 15) is 14.7 Å². The number of likely N-dealkylation sites (tertiary alicyclic amines) is 2. The first kappa shape index (κ1) is 13.1. The number of hydrogen-bond acceptors (Lipinski definition) is 3. The van der Waals surface area contributed by atoms with Gasteiger partial charge in [-0.15, -0.1) is 0 Å². The Bertz CT molecular complexity index is 326. The molecule has 2 amide bonds. The molecule has 0 aromatic carbocycles. The van der Waals surface area contributed by atoms with Crippen LogP contribution in [0.3, 0.4) is 0 Å². The van der Waals surface area contributed by atoms with Crippen LogP contribution in [0.1, 0.15) is 32.1 Å². The Morgan fingerprint density at radius 2 is 1.67 bits per heavy atom. The Hall–Kier alpha value is -1.30. The van der Waals surface area contributed by atoms with Crippen LogP contribution in [0.2, 0.25) is 0 Å². The number of aliphatic hydroxyl groups excluding tert-OH is 1. The van der Waals surface area contributed by atoms with Crippen LogP contribution in [-0.2, 0) is 4.79 Å². The highest BCUT2D eigenvalue weighted by Crippen LogP contribution is 2.21. The monoisotopic (exact) mass is 256 g/mol. The van der Waals surface area contributed by atoms with Gasteiger partial charge in [0.1, 0.15) is 6.04 Å². The molecule has 2 fully saturated rings. The van der Waals surface area contributed by atoms with Crippen molar-refractivity contribution in [3.05, 3.63) is 0 Å². The quantitative estimate of drug-likeness (QED) is 0.716. The first-order valence-electron chi connectivity index (χ1n) is 6.56. The van der Waals surface area contributed by atoms with Crippen LogP contribution in [0, 0.1) is 0 Å². The zero-order chi connectivity index (χ0) is 13.1. The lowest BCUT2D eigenvalue weighted by molar-refractivity contribution is -0.141. The standard InChI is InChI=1S/C12H20N2O4/c15-9-7-10(11(16)17)14(8-9)12(18)13-5-3-1-2-4-6-13/h9-10,15H,1-8H2,(H,16,17). The van der Waals surface area contributed by atoms with Crippen molar-refractivity contribution in [3.63, 3.8) is 0 Å². The van der Waals surface area contributed by atoms with E-state index in [1.807, 2.05) is 0 Å². The van der Waals surface area contributed by atoms with Crippen molar-refractivity contribution >= 4 is 12.0 Å². The second kappa shape index (κ2) is 5.56. The number of carbonyl (C=O) groups is 2. The second-order valence-electron chi connectivity index (χ2n) is 5.08. The molecular weight excluding hydrogens is 236 g/mol. The largest absolute Gasteiger partial charge is 0.480 e. The molecule has 2 rings (SSSR count). The Balaban J connectivity index is 2.04. The van der Waals surface area contributed by atoms with Gasteiger partial charge in [-0.1, -0.05) is 12.8 Å². The summed E-state index contributed by atoms with van der Waals surface area (Å²) in [6, 6.07) is -1.11. The summed E-state index contributed by atoms with van der Waals surface area (Å²) in [5.74, 6) is -1.03. The second-order valence-corrected chi connectivity index (χ2v) is 5.08. The lowest BCUT2D eigenvalue weighted by atomic mass is 10.2. The van der Waals surface area contributed by atoms with Gasteiger partial charge >= 0.3 is 12.0 Å². The van der Waals surface area contributed by atoms with Crippen molar-refractivity contribution in [2.24, 2.45) is 0 Å². The number of hydrogen-bond donors (Lipinski definition) is 2. The number of nitrogens with zero attached hydrogens (tertiary/aromatic N) is 2. The molecule has 18 heavy (non-hydrogen) atoms. The molecule has 0 saturated carbocycles. The SMILES string of the molecule is O=C(O)C1CC(O)CN1C(=O)N1CCCCCC1. The van der Waals surface area contributed by atoms with Gasteiger partial charge in [-0.25, -0.2) is 9.59 Å². The molecule has 0 aromatic rings. The van der Waals surface area contributed by atoms with E-state index in [4.69, 9.17) is 5.11 Å². The van der Waals surface area contributed by atoms with E-state index in [0.29, 0.717) is 13.1 Å². The summed E-state index contributed by atoms with van der Waals surface area (Å²) < 4.78 is 0. The van der Waals surface area contributed by atoms with Gasteiger partial charge in [0.2, 0.25) is 0 Å². The molecule has 2 atom stereocenters. The predicted octanol–water partition coefficient (Wildman–Crippen LogP) is 0.502. The summed E-state index contributed by atoms with van der Waals surface area (Å²) in [4.78, 5) is 26.4. The minimum absolute atomic E-state index is 0.131. The molecule has 2 N–H and O–H groups in total. The highest BCUT2D eigenvalue weighted by Gasteiger charge is 2.40. The van der Waals surface area contributed by atoms with Crippen LogP contribution >= 0.6 is 0 Å². The summed E-state index contributed by atoms with van der Waals surface area (Å²) in [7, 11) is 0. The summed E-state index contributed by atoms with van der Waals surface area (Å²) in [5, 5.41) is 18.6. The van der Waals surface area contributed by atoms with Gasteiger partial charge in [0, 0.05) is 26.1 Å². The van der Waals surface area contributed by atoms with Gasteiger partial charge in [0.25, 0.3) is 0 Å². The molecule has 0 aliphatic carbocycles. The molecule has 6 heteroatoms. The summed E-state index contributed by atoms with van der Waals surface area (Å²) in [6.07, 6.45) is 3.60. The topological polar surface area (TPSA) is 81.1 Å². The van der Waals surface area contributed by atoms with Crippen molar-refractivity contribution in [1.82, 2.24) is 9.80 Å². The normalized spacial score (nSPS) is 29.2. The Morgan fingerprint density at radius 1 is 1.06 bits per heavy atom. The van der Waals surface area contributed by atoms with Crippen LogP contribution in [0.15, 0.2) is 0 Å². The van der Waals surface area contributed by atoms with Crippen molar-refractivity contribution in [2.45, 2.75) is 44.2 Å². The third kappa shape index (κ3) is 2.75. The molecule has 2 aliphatic heterocycles. The van der Waals surface area contributed by atoms with Gasteiger partial charge in [0.15, 0.2) is 0 Å². The Morgan fingerprint density at radius 3 is 2.22 bits per heavy atom. The maximum atomic E-state index is 12.3. The molecule has 6 nitrogen and oxygen atoms in total. The van der Waals surface area contributed by atoms with Crippen LogP contribution in [0.4, 0.5) is 4.79 Å². The minimum Gasteiger partial charge on any atom is -0.480 e. The lowest BCUT2D eigenvalue weighted by Gasteiger charge is -2.29. The summed E-state index contributed by atoms with van der Waals surface area (Å²) in [6.45, 7) is 1.52. The van der Waals surface area contributed by atoms with E-state index in [1.165, 1.54) is 4.90 Å². The number of rotatable bonds is 1.